The van der Waals surface area contributed by atoms with Gasteiger partial charge in [-0.15, -0.1) is 11.8 Å². The molecule has 1 heterocycles. The van der Waals surface area contributed by atoms with E-state index in [2.05, 4.69) is 23.9 Å². The van der Waals surface area contributed by atoms with E-state index in [0.717, 1.165) is 17.3 Å². The highest BCUT2D eigenvalue weighted by molar-refractivity contribution is 7.98. The number of hydrogen-bond donors (Lipinski definition) is 1. The van der Waals surface area contributed by atoms with Gasteiger partial charge in [-0.05, 0) is 24.1 Å². The fraction of sp³-hybridized carbons (Fsp3) is 0.385. The summed E-state index contributed by atoms with van der Waals surface area (Å²) in [5.74, 6) is 1.73. The summed E-state index contributed by atoms with van der Waals surface area (Å²) in [6.07, 6.45) is 1.55. The lowest BCUT2D eigenvalue weighted by molar-refractivity contribution is 0.472. The van der Waals surface area contributed by atoms with E-state index in [0.29, 0.717) is 17.4 Å². The Kier molecular flexibility index (Phi) is 4.42. The van der Waals surface area contributed by atoms with E-state index in [-0.39, 0.29) is 5.82 Å². The molecule has 102 valence electrons. The van der Waals surface area contributed by atoms with Crippen molar-refractivity contribution in [1.29, 1.82) is 0 Å². The molecule has 0 spiro atoms. The summed E-state index contributed by atoms with van der Waals surface area (Å²) in [6.45, 7) is 5.08. The Balaban J connectivity index is 2.06. The average Bonchev–Trinajstić information content (AvgIpc) is 2.77. The van der Waals surface area contributed by atoms with Gasteiger partial charge in [-0.25, -0.2) is 14.1 Å². The molecule has 0 aliphatic rings. The molecule has 1 aromatic carbocycles. The van der Waals surface area contributed by atoms with Crippen molar-refractivity contribution in [3.63, 3.8) is 0 Å². The quantitative estimate of drug-likeness (QED) is 0.676. The molecule has 6 heteroatoms. The summed E-state index contributed by atoms with van der Waals surface area (Å²) in [6, 6.07) is 4.39. The van der Waals surface area contributed by atoms with Crippen molar-refractivity contribution in [3.8, 4) is 0 Å². The number of rotatable bonds is 5. The van der Waals surface area contributed by atoms with Crippen LogP contribution in [0.25, 0.3) is 0 Å². The fourth-order valence-corrected chi connectivity index (χ4v) is 2.61. The van der Waals surface area contributed by atoms with Crippen molar-refractivity contribution >= 4 is 17.4 Å². The third-order valence-electron chi connectivity index (χ3n) is 2.57. The number of nitrogen functional groups attached to an aromatic ring is 1. The molecule has 0 aliphatic heterocycles. The van der Waals surface area contributed by atoms with Crippen molar-refractivity contribution < 1.29 is 4.39 Å². The van der Waals surface area contributed by atoms with Crippen LogP contribution in [0.4, 0.5) is 10.1 Å². The number of hydrogen-bond acceptors (Lipinski definition) is 4. The molecule has 0 unspecified atom stereocenters. The minimum absolute atomic E-state index is 0.277. The lowest BCUT2D eigenvalue weighted by atomic mass is 10.2. The molecule has 0 radical (unpaired) electrons. The first kappa shape index (κ1) is 13.9. The minimum Gasteiger partial charge on any atom is -0.398 e. The van der Waals surface area contributed by atoms with Crippen molar-refractivity contribution in [1.82, 2.24) is 14.8 Å². The van der Waals surface area contributed by atoms with Gasteiger partial charge in [0.2, 0.25) is 0 Å². The first-order valence-electron chi connectivity index (χ1n) is 6.10. The summed E-state index contributed by atoms with van der Waals surface area (Å²) in [4.78, 5) is 4.97. The average molecular weight is 280 g/mol. The van der Waals surface area contributed by atoms with Gasteiger partial charge in [0.05, 0.1) is 5.75 Å². The third kappa shape index (κ3) is 3.70. The first-order chi connectivity index (χ1) is 9.06. The zero-order valence-electron chi connectivity index (χ0n) is 11.0. The van der Waals surface area contributed by atoms with Crippen LogP contribution in [0.5, 0.6) is 0 Å². The van der Waals surface area contributed by atoms with E-state index in [9.17, 15) is 4.39 Å². The minimum atomic E-state index is -0.277. The second kappa shape index (κ2) is 6.06. The van der Waals surface area contributed by atoms with Gasteiger partial charge in [-0.2, -0.15) is 5.10 Å². The molecule has 2 rings (SSSR count). The van der Waals surface area contributed by atoms with Crippen molar-refractivity contribution in [2.45, 2.75) is 31.0 Å². The van der Waals surface area contributed by atoms with Crippen LogP contribution in [0.1, 0.15) is 19.7 Å². The predicted molar refractivity (Wildman–Crippen MR) is 75.2 cm³/mol. The Labute approximate surface area is 116 Å². The molecule has 1 aromatic heterocycles. The number of halogens is 1. The monoisotopic (exact) mass is 280 g/mol. The molecule has 0 saturated heterocycles. The highest BCUT2D eigenvalue weighted by Gasteiger charge is 2.08. The van der Waals surface area contributed by atoms with E-state index >= 15 is 0 Å². The van der Waals surface area contributed by atoms with Crippen molar-refractivity contribution in [2.24, 2.45) is 5.92 Å². The third-order valence-corrected chi connectivity index (χ3v) is 3.63. The zero-order valence-corrected chi connectivity index (χ0v) is 11.8. The summed E-state index contributed by atoms with van der Waals surface area (Å²) in [5.41, 5.74) is 6.40. The number of thioether (sulfide) groups is 1. The Hall–Kier alpha value is -1.56. The van der Waals surface area contributed by atoms with Crippen LogP contribution in [0.2, 0.25) is 0 Å². The molecule has 0 bridgehead atoms. The topological polar surface area (TPSA) is 56.7 Å². The Bertz CT molecular complexity index is 553. The largest absolute Gasteiger partial charge is 0.398 e. The summed E-state index contributed by atoms with van der Waals surface area (Å²) >= 11 is 1.47. The number of nitrogens with two attached hydrogens (primary N) is 1. The lowest BCUT2D eigenvalue weighted by Gasteiger charge is -2.09. The van der Waals surface area contributed by atoms with Gasteiger partial charge in [0.1, 0.15) is 18.0 Å². The molecular weight excluding hydrogens is 263 g/mol. The maximum Gasteiger partial charge on any atom is 0.138 e. The van der Waals surface area contributed by atoms with E-state index in [1.807, 2.05) is 4.68 Å². The normalized spacial score (nSPS) is 11.2. The van der Waals surface area contributed by atoms with Gasteiger partial charge >= 0.3 is 0 Å². The summed E-state index contributed by atoms with van der Waals surface area (Å²) in [7, 11) is 0. The second-order valence-electron chi connectivity index (χ2n) is 4.72. The van der Waals surface area contributed by atoms with E-state index < -0.39 is 0 Å². The Morgan fingerprint density at radius 2 is 2.21 bits per heavy atom. The summed E-state index contributed by atoms with van der Waals surface area (Å²) in [5, 5.41) is 4.20. The van der Waals surface area contributed by atoms with Crippen LogP contribution >= 0.6 is 11.8 Å². The maximum atomic E-state index is 13.2. The fourth-order valence-electron chi connectivity index (χ4n) is 1.67. The molecule has 0 fully saturated rings. The standard InChI is InChI=1S/C13H17FN4S/c1-9(2)6-18-13(16-8-17-18)7-19-12-5-10(14)3-4-11(12)15/h3-5,8-9H,6-7,15H2,1-2H3. The molecule has 2 aromatic rings. The van der Waals surface area contributed by atoms with Gasteiger partial charge in [-0.3, -0.25) is 0 Å². The first-order valence-corrected chi connectivity index (χ1v) is 7.09. The number of nitrogens with zero attached hydrogens (tertiary/aromatic N) is 3. The molecule has 0 atom stereocenters. The zero-order chi connectivity index (χ0) is 13.8. The van der Waals surface area contributed by atoms with Crippen LogP contribution in [0.15, 0.2) is 29.4 Å². The second-order valence-corrected chi connectivity index (χ2v) is 5.74. The van der Waals surface area contributed by atoms with Crippen LogP contribution in [-0.4, -0.2) is 14.8 Å². The maximum absolute atomic E-state index is 13.2. The van der Waals surface area contributed by atoms with Gasteiger partial charge in [0.15, 0.2) is 0 Å². The lowest BCUT2D eigenvalue weighted by Crippen LogP contribution is -2.09. The molecule has 19 heavy (non-hydrogen) atoms. The highest BCUT2D eigenvalue weighted by atomic mass is 32.2. The SMILES string of the molecule is CC(C)Cn1ncnc1CSc1cc(F)ccc1N. The molecule has 2 N–H and O–H groups in total. The predicted octanol–water partition coefficient (Wildman–Crippen LogP) is 2.95. The highest BCUT2D eigenvalue weighted by Crippen LogP contribution is 2.28. The van der Waals surface area contributed by atoms with Gasteiger partial charge in [0.25, 0.3) is 0 Å². The van der Waals surface area contributed by atoms with Crippen LogP contribution < -0.4 is 5.73 Å². The van der Waals surface area contributed by atoms with E-state index in [1.165, 1.54) is 23.9 Å². The van der Waals surface area contributed by atoms with Gasteiger partial charge < -0.3 is 5.73 Å². The van der Waals surface area contributed by atoms with Gasteiger partial charge in [-0.1, -0.05) is 13.8 Å². The van der Waals surface area contributed by atoms with Crippen LogP contribution in [-0.2, 0) is 12.3 Å². The number of benzene rings is 1. The summed E-state index contributed by atoms with van der Waals surface area (Å²) < 4.78 is 15.0. The van der Waals surface area contributed by atoms with E-state index in [1.54, 1.807) is 12.4 Å². The molecular formula is C13H17FN4S. The molecule has 0 amide bonds. The number of aromatic nitrogens is 3. The smallest absolute Gasteiger partial charge is 0.138 e. The van der Waals surface area contributed by atoms with Crippen LogP contribution in [0, 0.1) is 11.7 Å². The van der Waals surface area contributed by atoms with Crippen molar-refractivity contribution in [3.05, 3.63) is 36.2 Å². The number of anilines is 1. The van der Waals surface area contributed by atoms with E-state index in [4.69, 9.17) is 5.73 Å². The Morgan fingerprint density at radius 1 is 1.42 bits per heavy atom. The molecule has 0 aliphatic carbocycles. The molecule has 0 saturated carbocycles. The van der Waals surface area contributed by atoms with Crippen molar-refractivity contribution in [2.75, 3.05) is 5.73 Å². The van der Waals surface area contributed by atoms with Gasteiger partial charge in [0, 0.05) is 17.1 Å². The Morgan fingerprint density at radius 3 is 2.95 bits per heavy atom. The molecule has 4 nitrogen and oxygen atoms in total. The van der Waals surface area contributed by atoms with Crippen LogP contribution in [0.3, 0.4) is 0 Å².